The van der Waals surface area contributed by atoms with Crippen LogP contribution in [0.25, 0.3) is 0 Å². The Balaban J connectivity index is 2.62. The summed E-state index contributed by atoms with van der Waals surface area (Å²) >= 11 is 0. The Bertz CT molecular complexity index is 156. The van der Waals surface area contributed by atoms with Crippen LogP contribution in [0.2, 0.25) is 0 Å². The molecule has 0 aromatic rings. The van der Waals surface area contributed by atoms with Crippen molar-refractivity contribution in [3.05, 3.63) is 12.7 Å². The van der Waals surface area contributed by atoms with Crippen LogP contribution in [0.5, 0.6) is 0 Å². The molecule has 0 aromatic carbocycles. The minimum absolute atomic E-state index is 0.0597. The molecule has 1 aliphatic rings. The van der Waals surface area contributed by atoms with Crippen LogP contribution in [0.4, 0.5) is 0 Å². The van der Waals surface area contributed by atoms with Crippen molar-refractivity contribution in [3.8, 4) is 0 Å². The minimum Gasteiger partial charge on any atom is -0.387 e. The van der Waals surface area contributed by atoms with Gasteiger partial charge < -0.3 is 9.84 Å². The summed E-state index contributed by atoms with van der Waals surface area (Å²) in [5, 5.41) is 9.93. The summed E-state index contributed by atoms with van der Waals surface area (Å²) < 4.78 is 5.43. The zero-order valence-electron chi connectivity index (χ0n) is 7.21. The standard InChI is InChI=1S/C9H16O2/c1-4-5-9(10)6-7(2)11-8(9)3/h4,7-8,10H,1,5-6H2,2-3H3. The summed E-state index contributed by atoms with van der Waals surface area (Å²) in [5.41, 5.74) is -0.666. The fourth-order valence-corrected chi connectivity index (χ4v) is 1.69. The van der Waals surface area contributed by atoms with E-state index in [2.05, 4.69) is 6.58 Å². The Morgan fingerprint density at radius 2 is 2.36 bits per heavy atom. The predicted octanol–water partition coefficient (Wildman–Crippen LogP) is 1.49. The highest BCUT2D eigenvalue weighted by molar-refractivity contribution is 4.97. The molecule has 1 N–H and O–H groups in total. The van der Waals surface area contributed by atoms with E-state index >= 15 is 0 Å². The average Bonchev–Trinajstić information content (AvgIpc) is 2.08. The SMILES string of the molecule is C=CCC1(O)CC(C)OC1C. The van der Waals surface area contributed by atoms with Crippen LogP contribution < -0.4 is 0 Å². The van der Waals surface area contributed by atoms with Gasteiger partial charge in [0.05, 0.1) is 17.8 Å². The molecule has 1 rings (SSSR count). The van der Waals surface area contributed by atoms with Gasteiger partial charge in [-0.15, -0.1) is 6.58 Å². The van der Waals surface area contributed by atoms with E-state index in [0.29, 0.717) is 6.42 Å². The molecule has 1 fully saturated rings. The zero-order chi connectivity index (χ0) is 8.48. The number of hydrogen-bond acceptors (Lipinski definition) is 2. The van der Waals surface area contributed by atoms with E-state index in [-0.39, 0.29) is 12.2 Å². The van der Waals surface area contributed by atoms with Gasteiger partial charge in [-0.2, -0.15) is 0 Å². The summed E-state index contributed by atoms with van der Waals surface area (Å²) in [7, 11) is 0. The Kier molecular flexibility index (Phi) is 2.35. The van der Waals surface area contributed by atoms with Gasteiger partial charge in [-0.3, -0.25) is 0 Å². The third-order valence-electron chi connectivity index (χ3n) is 2.33. The molecule has 3 atom stereocenters. The van der Waals surface area contributed by atoms with E-state index in [1.807, 2.05) is 13.8 Å². The van der Waals surface area contributed by atoms with Gasteiger partial charge in [0.25, 0.3) is 0 Å². The molecule has 0 amide bonds. The molecule has 0 radical (unpaired) electrons. The molecule has 0 saturated carbocycles. The van der Waals surface area contributed by atoms with E-state index in [4.69, 9.17) is 4.74 Å². The lowest BCUT2D eigenvalue weighted by atomic mass is 9.91. The van der Waals surface area contributed by atoms with Gasteiger partial charge in [0.2, 0.25) is 0 Å². The first-order valence-electron chi connectivity index (χ1n) is 4.07. The topological polar surface area (TPSA) is 29.5 Å². The highest BCUT2D eigenvalue weighted by Gasteiger charge is 2.41. The summed E-state index contributed by atoms with van der Waals surface area (Å²) in [4.78, 5) is 0. The Hall–Kier alpha value is -0.340. The summed E-state index contributed by atoms with van der Waals surface area (Å²) in [6.07, 6.45) is 3.21. The molecule has 0 spiro atoms. The average molecular weight is 156 g/mol. The van der Waals surface area contributed by atoms with Crippen molar-refractivity contribution in [2.45, 2.75) is 44.5 Å². The van der Waals surface area contributed by atoms with Crippen LogP contribution in [0.3, 0.4) is 0 Å². The molecule has 0 bridgehead atoms. The maximum Gasteiger partial charge on any atom is 0.0964 e. The lowest BCUT2D eigenvalue weighted by Crippen LogP contribution is -2.35. The first kappa shape index (κ1) is 8.75. The molecule has 3 unspecified atom stereocenters. The van der Waals surface area contributed by atoms with Gasteiger partial charge in [-0.25, -0.2) is 0 Å². The van der Waals surface area contributed by atoms with E-state index in [9.17, 15) is 5.11 Å². The Morgan fingerprint density at radius 3 is 2.73 bits per heavy atom. The molecular weight excluding hydrogens is 140 g/mol. The van der Waals surface area contributed by atoms with Gasteiger partial charge in [0.15, 0.2) is 0 Å². The second-order valence-electron chi connectivity index (χ2n) is 3.39. The van der Waals surface area contributed by atoms with Crippen molar-refractivity contribution >= 4 is 0 Å². The van der Waals surface area contributed by atoms with Gasteiger partial charge in [0, 0.05) is 6.42 Å². The Morgan fingerprint density at radius 1 is 1.73 bits per heavy atom. The van der Waals surface area contributed by atoms with Crippen molar-refractivity contribution in [1.29, 1.82) is 0 Å². The van der Waals surface area contributed by atoms with Crippen molar-refractivity contribution in [3.63, 3.8) is 0 Å². The van der Waals surface area contributed by atoms with Crippen LogP contribution in [-0.4, -0.2) is 22.9 Å². The first-order chi connectivity index (χ1) is 5.08. The highest BCUT2D eigenvalue weighted by Crippen LogP contribution is 2.33. The van der Waals surface area contributed by atoms with Crippen molar-refractivity contribution < 1.29 is 9.84 Å². The number of rotatable bonds is 2. The lowest BCUT2D eigenvalue weighted by molar-refractivity contribution is -0.0331. The van der Waals surface area contributed by atoms with Gasteiger partial charge in [-0.05, 0) is 20.3 Å². The zero-order valence-corrected chi connectivity index (χ0v) is 7.21. The predicted molar refractivity (Wildman–Crippen MR) is 44.4 cm³/mol. The van der Waals surface area contributed by atoms with E-state index in [0.717, 1.165) is 6.42 Å². The fourth-order valence-electron chi connectivity index (χ4n) is 1.69. The van der Waals surface area contributed by atoms with Gasteiger partial charge in [0.1, 0.15) is 0 Å². The third kappa shape index (κ3) is 1.63. The van der Waals surface area contributed by atoms with Crippen LogP contribution in [0, 0.1) is 0 Å². The molecule has 11 heavy (non-hydrogen) atoms. The third-order valence-corrected chi connectivity index (χ3v) is 2.33. The molecule has 0 aliphatic carbocycles. The van der Waals surface area contributed by atoms with Crippen LogP contribution in [0.15, 0.2) is 12.7 Å². The molecule has 2 nitrogen and oxygen atoms in total. The molecular formula is C9H16O2. The normalized spacial score (nSPS) is 44.3. The van der Waals surface area contributed by atoms with E-state index in [1.165, 1.54) is 0 Å². The quantitative estimate of drug-likeness (QED) is 0.614. The minimum atomic E-state index is -0.666. The second kappa shape index (κ2) is 2.95. The van der Waals surface area contributed by atoms with Gasteiger partial charge >= 0.3 is 0 Å². The number of aliphatic hydroxyl groups is 1. The van der Waals surface area contributed by atoms with Crippen LogP contribution in [-0.2, 0) is 4.74 Å². The van der Waals surface area contributed by atoms with Crippen molar-refractivity contribution in [2.75, 3.05) is 0 Å². The van der Waals surface area contributed by atoms with Crippen LogP contribution in [0.1, 0.15) is 26.7 Å². The maximum absolute atomic E-state index is 9.93. The largest absolute Gasteiger partial charge is 0.387 e. The summed E-state index contributed by atoms with van der Waals surface area (Å²) in [5.74, 6) is 0. The highest BCUT2D eigenvalue weighted by atomic mass is 16.5. The van der Waals surface area contributed by atoms with Gasteiger partial charge in [-0.1, -0.05) is 6.08 Å². The maximum atomic E-state index is 9.93. The lowest BCUT2D eigenvalue weighted by Gasteiger charge is -2.23. The van der Waals surface area contributed by atoms with Crippen molar-refractivity contribution in [1.82, 2.24) is 0 Å². The molecule has 1 aliphatic heterocycles. The van der Waals surface area contributed by atoms with Crippen molar-refractivity contribution in [2.24, 2.45) is 0 Å². The summed E-state index contributed by atoms with van der Waals surface area (Å²) in [6.45, 7) is 7.51. The smallest absolute Gasteiger partial charge is 0.0964 e. The molecule has 2 heteroatoms. The summed E-state index contributed by atoms with van der Waals surface area (Å²) in [6, 6.07) is 0. The van der Waals surface area contributed by atoms with E-state index in [1.54, 1.807) is 6.08 Å². The molecule has 1 heterocycles. The number of hydrogen-bond donors (Lipinski definition) is 1. The van der Waals surface area contributed by atoms with E-state index < -0.39 is 5.60 Å². The Labute approximate surface area is 67.9 Å². The molecule has 1 saturated heterocycles. The molecule has 0 aromatic heterocycles. The second-order valence-corrected chi connectivity index (χ2v) is 3.39. The fraction of sp³-hybridized carbons (Fsp3) is 0.778. The first-order valence-corrected chi connectivity index (χ1v) is 4.07. The number of ether oxygens (including phenoxy) is 1. The monoisotopic (exact) mass is 156 g/mol. The molecule has 64 valence electrons. The van der Waals surface area contributed by atoms with Crippen LogP contribution >= 0.6 is 0 Å².